The lowest BCUT2D eigenvalue weighted by molar-refractivity contribution is -0.122. The van der Waals surface area contributed by atoms with Gasteiger partial charge in [0, 0.05) is 21.0 Å². The Balaban J connectivity index is 1.29. The number of anilines is 1. The summed E-state index contributed by atoms with van der Waals surface area (Å²) in [5, 5.41) is 0.580. The first-order chi connectivity index (χ1) is 19.4. The van der Waals surface area contributed by atoms with Crippen LogP contribution in [0, 0.1) is 11.8 Å². The quantitative estimate of drug-likeness (QED) is 0.115. The summed E-state index contributed by atoms with van der Waals surface area (Å²) in [7, 11) is 0. The van der Waals surface area contributed by atoms with Gasteiger partial charge in [-0.15, -0.1) is 0 Å². The summed E-state index contributed by atoms with van der Waals surface area (Å²) >= 11 is 3.45. The number of aromatic nitrogens is 1. The molecule has 1 aliphatic heterocycles. The Morgan fingerprint density at radius 1 is 0.875 bits per heavy atom. The molecule has 0 radical (unpaired) electrons. The van der Waals surface area contributed by atoms with Crippen molar-refractivity contribution in [2.45, 2.75) is 12.8 Å². The third-order valence-corrected chi connectivity index (χ3v) is 7.84. The van der Waals surface area contributed by atoms with Crippen LogP contribution < -0.4 is 4.90 Å². The molecule has 40 heavy (non-hydrogen) atoms. The maximum absolute atomic E-state index is 13.2. The lowest BCUT2D eigenvalue weighted by Gasteiger charge is -2.15. The van der Waals surface area contributed by atoms with Crippen LogP contribution in [0.4, 0.5) is 5.69 Å². The monoisotopic (exact) mass is 594 g/mol. The highest BCUT2D eigenvalue weighted by Gasteiger charge is 2.47. The zero-order valence-corrected chi connectivity index (χ0v) is 22.8. The summed E-state index contributed by atoms with van der Waals surface area (Å²) < 4.78 is 6.19. The van der Waals surface area contributed by atoms with Crippen LogP contribution >= 0.6 is 15.9 Å². The van der Waals surface area contributed by atoms with E-state index >= 15 is 0 Å². The van der Waals surface area contributed by atoms with Crippen LogP contribution in [0.2, 0.25) is 0 Å². The molecule has 198 valence electrons. The maximum atomic E-state index is 13.2. The van der Waals surface area contributed by atoms with Gasteiger partial charge in [-0.05, 0) is 49.2 Å². The number of benzene rings is 3. The second kappa shape index (κ2) is 10.6. The van der Waals surface area contributed by atoms with Crippen molar-refractivity contribution in [2.75, 3.05) is 11.5 Å². The standard InChI is InChI=1S/C32H23BrN2O5/c33-21-12-15-27-25(16-21)26(32(39)40-18-29(36)20-6-2-1-3-7-20)17-28(34-27)19-10-13-22(14-11-19)35-30(37)23-8-4-5-9-24(23)31(35)38/h1-7,10-17,23-24H,8-9,18H2/t23-,24+. The van der Waals surface area contributed by atoms with E-state index in [2.05, 4.69) is 15.9 Å². The largest absolute Gasteiger partial charge is 0.454 e. The fourth-order valence-corrected chi connectivity index (χ4v) is 5.63. The van der Waals surface area contributed by atoms with Crippen molar-refractivity contribution in [1.82, 2.24) is 4.98 Å². The number of pyridine rings is 1. The summed E-state index contributed by atoms with van der Waals surface area (Å²) in [5.41, 5.74) is 3.03. The van der Waals surface area contributed by atoms with E-state index in [0.29, 0.717) is 46.3 Å². The predicted molar refractivity (Wildman–Crippen MR) is 154 cm³/mol. The van der Waals surface area contributed by atoms with Gasteiger partial charge in [0.2, 0.25) is 11.8 Å². The van der Waals surface area contributed by atoms with Gasteiger partial charge >= 0.3 is 5.97 Å². The molecule has 8 heteroatoms. The summed E-state index contributed by atoms with van der Waals surface area (Å²) in [5.74, 6) is -1.89. The molecule has 2 heterocycles. The number of imide groups is 1. The van der Waals surface area contributed by atoms with E-state index < -0.39 is 5.97 Å². The second-order valence-corrected chi connectivity index (χ2v) is 10.7. The van der Waals surface area contributed by atoms with Gasteiger partial charge in [-0.1, -0.05) is 70.5 Å². The minimum absolute atomic E-state index is 0.170. The van der Waals surface area contributed by atoms with Crippen molar-refractivity contribution in [2.24, 2.45) is 11.8 Å². The Hall–Kier alpha value is -4.43. The average Bonchev–Trinajstić information content (AvgIpc) is 3.25. The Morgan fingerprint density at radius 2 is 1.55 bits per heavy atom. The van der Waals surface area contributed by atoms with Crippen molar-refractivity contribution in [1.29, 1.82) is 0 Å². The lowest BCUT2D eigenvalue weighted by atomic mass is 9.85. The molecule has 3 aromatic carbocycles. The molecule has 7 nitrogen and oxygen atoms in total. The number of allylic oxidation sites excluding steroid dienone is 2. The minimum atomic E-state index is -0.642. The smallest absolute Gasteiger partial charge is 0.339 e. The number of halogens is 1. The summed E-state index contributed by atoms with van der Waals surface area (Å²) in [4.78, 5) is 57.7. The van der Waals surface area contributed by atoms with E-state index in [4.69, 9.17) is 9.72 Å². The fraction of sp³-hybridized carbons (Fsp3) is 0.156. The maximum Gasteiger partial charge on any atom is 0.339 e. The highest BCUT2D eigenvalue weighted by Crippen LogP contribution is 2.38. The third kappa shape index (κ3) is 4.75. The first kappa shape index (κ1) is 25.8. The van der Waals surface area contributed by atoms with Gasteiger partial charge in [-0.3, -0.25) is 19.3 Å². The Morgan fingerprint density at radius 3 is 2.23 bits per heavy atom. The first-order valence-electron chi connectivity index (χ1n) is 12.9. The number of ketones is 1. The van der Waals surface area contributed by atoms with E-state index in [1.165, 1.54) is 4.90 Å². The summed E-state index contributed by atoms with van der Waals surface area (Å²) in [6.07, 6.45) is 5.08. The van der Waals surface area contributed by atoms with Gasteiger partial charge in [-0.2, -0.15) is 0 Å². The van der Waals surface area contributed by atoms with Crippen LogP contribution in [0.3, 0.4) is 0 Å². The summed E-state index contributed by atoms with van der Waals surface area (Å²) in [6.45, 7) is -0.389. The van der Waals surface area contributed by atoms with Crippen molar-refractivity contribution in [3.05, 3.63) is 107 Å². The van der Waals surface area contributed by atoms with E-state index in [9.17, 15) is 19.2 Å². The van der Waals surface area contributed by atoms with Gasteiger partial charge in [-0.25, -0.2) is 9.78 Å². The molecule has 2 aliphatic rings. The van der Waals surface area contributed by atoms with Crippen molar-refractivity contribution in [3.63, 3.8) is 0 Å². The molecule has 2 atom stereocenters. The fourth-order valence-electron chi connectivity index (χ4n) is 5.27. The third-order valence-electron chi connectivity index (χ3n) is 7.35. The normalized spacial score (nSPS) is 18.2. The number of esters is 1. The van der Waals surface area contributed by atoms with E-state index in [0.717, 1.165) is 4.47 Å². The Bertz CT molecular complexity index is 1670. The predicted octanol–water partition coefficient (Wildman–Crippen LogP) is 6.16. The zero-order chi connectivity index (χ0) is 27.8. The van der Waals surface area contributed by atoms with Crippen LogP contribution in [0.5, 0.6) is 0 Å². The molecule has 1 saturated heterocycles. The zero-order valence-electron chi connectivity index (χ0n) is 21.2. The van der Waals surface area contributed by atoms with Crippen LogP contribution in [-0.2, 0) is 14.3 Å². The number of carbonyl (C=O) groups excluding carboxylic acids is 4. The second-order valence-electron chi connectivity index (χ2n) is 9.80. The average molecular weight is 595 g/mol. The van der Waals surface area contributed by atoms with Crippen molar-refractivity contribution >= 4 is 56.1 Å². The number of rotatable bonds is 6. The van der Waals surface area contributed by atoms with E-state index in [1.807, 2.05) is 24.3 Å². The van der Waals surface area contributed by atoms with E-state index in [-0.39, 0.29) is 41.6 Å². The molecule has 1 fully saturated rings. The molecule has 0 N–H and O–H groups in total. The molecule has 0 bridgehead atoms. The van der Waals surface area contributed by atoms with Crippen LogP contribution in [0.25, 0.3) is 22.2 Å². The molecule has 2 amide bonds. The number of amides is 2. The number of nitrogens with zero attached hydrogens (tertiary/aromatic N) is 2. The Labute approximate surface area is 238 Å². The van der Waals surface area contributed by atoms with Gasteiger partial charge in [0.1, 0.15) is 0 Å². The van der Waals surface area contributed by atoms with Crippen molar-refractivity contribution < 1.29 is 23.9 Å². The highest BCUT2D eigenvalue weighted by atomic mass is 79.9. The lowest BCUT2D eigenvalue weighted by Crippen LogP contribution is -2.30. The number of fused-ring (bicyclic) bond motifs is 2. The van der Waals surface area contributed by atoms with Crippen LogP contribution in [0.15, 0.2) is 95.5 Å². The molecular formula is C32H23BrN2O5. The van der Waals surface area contributed by atoms with Crippen LogP contribution in [-0.4, -0.2) is 35.2 Å². The topological polar surface area (TPSA) is 93.6 Å². The van der Waals surface area contributed by atoms with Crippen LogP contribution in [0.1, 0.15) is 33.6 Å². The number of hydrogen-bond acceptors (Lipinski definition) is 6. The molecule has 0 unspecified atom stereocenters. The number of hydrogen-bond donors (Lipinski definition) is 0. The number of ether oxygens (including phenoxy) is 1. The molecule has 1 aromatic heterocycles. The summed E-state index contributed by atoms with van der Waals surface area (Å²) in [6, 6.07) is 22.7. The molecule has 0 spiro atoms. The number of Topliss-reactive ketones (excluding diaryl/α,β-unsaturated/α-hetero) is 1. The Kier molecular flexibility index (Phi) is 6.86. The van der Waals surface area contributed by atoms with Gasteiger partial charge in [0.25, 0.3) is 0 Å². The molecule has 1 aliphatic carbocycles. The number of carbonyl (C=O) groups is 4. The van der Waals surface area contributed by atoms with Gasteiger partial charge in [0.05, 0.1) is 34.3 Å². The molecule has 6 rings (SSSR count). The molecule has 0 saturated carbocycles. The van der Waals surface area contributed by atoms with E-state index in [1.54, 1.807) is 66.7 Å². The minimum Gasteiger partial charge on any atom is -0.454 e. The van der Waals surface area contributed by atoms with Crippen molar-refractivity contribution in [3.8, 4) is 11.3 Å². The molecular weight excluding hydrogens is 572 g/mol. The van der Waals surface area contributed by atoms with Gasteiger partial charge in [0.15, 0.2) is 12.4 Å². The highest BCUT2D eigenvalue weighted by molar-refractivity contribution is 9.10. The molecule has 4 aromatic rings. The SMILES string of the molecule is O=C(COC(=O)c1cc(-c2ccc(N3C(=O)[C@H]4CC=CC[C@H]4C3=O)cc2)nc2ccc(Br)cc12)c1ccccc1. The van der Waals surface area contributed by atoms with Gasteiger partial charge < -0.3 is 4.74 Å². The first-order valence-corrected chi connectivity index (χ1v) is 13.7.